The first kappa shape index (κ1) is 18.4. The zero-order valence-electron chi connectivity index (χ0n) is 15.7. The van der Waals surface area contributed by atoms with Crippen molar-refractivity contribution < 1.29 is 9.53 Å². The van der Waals surface area contributed by atoms with Gasteiger partial charge in [0.05, 0.1) is 17.7 Å². The quantitative estimate of drug-likeness (QED) is 0.662. The average molecular weight is 377 g/mol. The maximum absolute atomic E-state index is 13.1. The summed E-state index contributed by atoms with van der Waals surface area (Å²) in [5.74, 6) is -0.135. The Labute approximate surface area is 163 Å². The van der Waals surface area contributed by atoms with E-state index >= 15 is 0 Å². The molecule has 0 radical (unpaired) electrons. The van der Waals surface area contributed by atoms with Gasteiger partial charge >= 0.3 is 0 Å². The predicted octanol–water partition coefficient (Wildman–Crippen LogP) is 2.60. The van der Waals surface area contributed by atoms with E-state index in [0.29, 0.717) is 18.5 Å². The number of hydrogen-bond donors (Lipinski definition) is 0. The summed E-state index contributed by atoms with van der Waals surface area (Å²) in [5, 5.41) is 5.54. The first-order chi connectivity index (χ1) is 13.7. The summed E-state index contributed by atoms with van der Waals surface area (Å²) in [4.78, 5) is 27.5. The molecule has 1 saturated heterocycles. The van der Waals surface area contributed by atoms with Gasteiger partial charge in [0.2, 0.25) is 5.91 Å². The van der Waals surface area contributed by atoms with Gasteiger partial charge in [-0.2, -0.15) is 5.10 Å². The molecule has 1 unspecified atom stereocenters. The molecule has 1 aromatic heterocycles. The maximum atomic E-state index is 13.1. The van der Waals surface area contributed by atoms with Crippen LogP contribution in [0.3, 0.4) is 0 Å². The van der Waals surface area contributed by atoms with Gasteiger partial charge in [0.15, 0.2) is 0 Å². The van der Waals surface area contributed by atoms with E-state index in [1.165, 1.54) is 4.68 Å². The van der Waals surface area contributed by atoms with E-state index in [9.17, 15) is 9.59 Å². The highest BCUT2D eigenvalue weighted by Gasteiger charge is 2.23. The number of fused-ring (bicyclic) bond motifs is 1. The summed E-state index contributed by atoms with van der Waals surface area (Å²) >= 11 is 0. The molecule has 0 spiro atoms. The molecule has 1 aliphatic rings. The van der Waals surface area contributed by atoms with Gasteiger partial charge in [0.1, 0.15) is 6.54 Å². The lowest BCUT2D eigenvalue weighted by Gasteiger charge is -2.26. The fourth-order valence-corrected chi connectivity index (χ4v) is 3.56. The SMILES string of the molecule is O=C(Cn1ncc2ccccc2c1=O)N(Cc1ccccc1)CC1CCCO1. The van der Waals surface area contributed by atoms with Crippen molar-refractivity contribution in [2.24, 2.45) is 0 Å². The van der Waals surface area contributed by atoms with E-state index in [2.05, 4.69) is 5.10 Å². The van der Waals surface area contributed by atoms with E-state index in [-0.39, 0.29) is 24.1 Å². The number of carbonyl (C=O) groups excluding carboxylic acids is 1. The summed E-state index contributed by atoms with van der Waals surface area (Å²) < 4.78 is 6.97. The molecule has 4 rings (SSSR count). The largest absolute Gasteiger partial charge is 0.376 e. The highest BCUT2D eigenvalue weighted by Crippen LogP contribution is 2.16. The lowest BCUT2D eigenvalue weighted by Crippen LogP contribution is -2.40. The average Bonchev–Trinajstić information content (AvgIpc) is 3.24. The fraction of sp³-hybridized carbons (Fsp3) is 0.318. The van der Waals surface area contributed by atoms with Crippen molar-refractivity contribution in [2.45, 2.75) is 32.0 Å². The van der Waals surface area contributed by atoms with E-state index < -0.39 is 0 Å². The Bertz CT molecular complexity index is 1010. The normalized spacial score (nSPS) is 16.4. The van der Waals surface area contributed by atoms with Crippen LogP contribution in [0.25, 0.3) is 10.8 Å². The Balaban J connectivity index is 1.56. The zero-order valence-corrected chi connectivity index (χ0v) is 15.7. The molecule has 0 aliphatic carbocycles. The fourth-order valence-electron chi connectivity index (χ4n) is 3.56. The van der Waals surface area contributed by atoms with Crippen LogP contribution in [0.1, 0.15) is 18.4 Å². The third-order valence-electron chi connectivity index (χ3n) is 5.06. The molecule has 1 fully saturated rings. The monoisotopic (exact) mass is 377 g/mol. The van der Waals surface area contributed by atoms with Crippen LogP contribution in [-0.4, -0.2) is 39.8 Å². The van der Waals surface area contributed by atoms with Gasteiger partial charge in [-0.05, 0) is 24.5 Å². The summed E-state index contributed by atoms with van der Waals surface area (Å²) in [6.45, 7) is 1.67. The molecule has 6 heteroatoms. The first-order valence-corrected chi connectivity index (χ1v) is 9.59. The molecular formula is C22H23N3O3. The van der Waals surface area contributed by atoms with E-state index in [4.69, 9.17) is 4.74 Å². The maximum Gasteiger partial charge on any atom is 0.275 e. The third kappa shape index (κ3) is 4.12. The summed E-state index contributed by atoms with van der Waals surface area (Å²) in [6, 6.07) is 17.1. The molecular weight excluding hydrogens is 354 g/mol. The molecule has 0 bridgehead atoms. The van der Waals surface area contributed by atoms with Gasteiger partial charge < -0.3 is 9.64 Å². The van der Waals surface area contributed by atoms with Gasteiger partial charge in [-0.3, -0.25) is 9.59 Å². The standard InChI is InChI=1S/C22H23N3O3/c26-21(16-25-22(27)20-11-5-4-9-18(20)13-23-25)24(15-19-10-6-12-28-19)14-17-7-2-1-3-8-17/h1-5,7-9,11,13,19H,6,10,12,14-16H2. The van der Waals surface area contributed by atoms with Gasteiger partial charge in [0, 0.05) is 25.1 Å². The second kappa shape index (κ2) is 8.35. The number of rotatable bonds is 6. The van der Waals surface area contributed by atoms with E-state index in [1.807, 2.05) is 48.5 Å². The van der Waals surface area contributed by atoms with Crippen LogP contribution in [0.2, 0.25) is 0 Å². The Kier molecular flexibility index (Phi) is 5.48. The molecule has 1 amide bonds. The summed E-state index contributed by atoms with van der Waals surface area (Å²) in [7, 11) is 0. The first-order valence-electron chi connectivity index (χ1n) is 9.59. The molecule has 2 aromatic carbocycles. The lowest BCUT2D eigenvalue weighted by atomic mass is 10.1. The number of hydrogen-bond acceptors (Lipinski definition) is 4. The zero-order chi connectivity index (χ0) is 19.3. The van der Waals surface area contributed by atoms with Crippen molar-refractivity contribution in [3.63, 3.8) is 0 Å². The minimum atomic E-state index is -0.247. The van der Waals surface area contributed by atoms with Crippen molar-refractivity contribution >= 4 is 16.7 Å². The van der Waals surface area contributed by atoms with Crippen molar-refractivity contribution in [1.29, 1.82) is 0 Å². The minimum absolute atomic E-state index is 0.0500. The van der Waals surface area contributed by atoms with E-state index in [1.54, 1.807) is 17.2 Å². The topological polar surface area (TPSA) is 64.4 Å². The summed E-state index contributed by atoms with van der Waals surface area (Å²) in [6.07, 6.45) is 3.65. The van der Waals surface area contributed by atoms with Crippen LogP contribution in [0.5, 0.6) is 0 Å². The van der Waals surface area contributed by atoms with Crippen LogP contribution >= 0.6 is 0 Å². The number of carbonyl (C=O) groups is 1. The summed E-state index contributed by atoms with van der Waals surface area (Å²) in [5.41, 5.74) is 0.802. The lowest BCUT2D eigenvalue weighted by molar-refractivity contribution is -0.134. The Morgan fingerprint density at radius 2 is 1.93 bits per heavy atom. The predicted molar refractivity (Wildman–Crippen MR) is 107 cm³/mol. The van der Waals surface area contributed by atoms with Gasteiger partial charge in [-0.1, -0.05) is 48.5 Å². The van der Waals surface area contributed by atoms with Gasteiger partial charge in [0.25, 0.3) is 5.56 Å². The van der Waals surface area contributed by atoms with Crippen molar-refractivity contribution in [3.05, 3.63) is 76.7 Å². The third-order valence-corrected chi connectivity index (χ3v) is 5.06. The molecule has 0 N–H and O–H groups in total. The number of amides is 1. The molecule has 2 heterocycles. The van der Waals surface area contributed by atoms with Crippen molar-refractivity contribution in [2.75, 3.05) is 13.2 Å². The number of aromatic nitrogens is 2. The Hall–Kier alpha value is -2.99. The Morgan fingerprint density at radius 3 is 2.71 bits per heavy atom. The van der Waals surface area contributed by atoms with Gasteiger partial charge in [-0.15, -0.1) is 0 Å². The molecule has 0 saturated carbocycles. The van der Waals surface area contributed by atoms with Crippen LogP contribution in [0.4, 0.5) is 0 Å². The van der Waals surface area contributed by atoms with Crippen LogP contribution < -0.4 is 5.56 Å². The number of nitrogens with zero attached hydrogens (tertiary/aromatic N) is 3. The highest BCUT2D eigenvalue weighted by molar-refractivity contribution is 5.81. The van der Waals surface area contributed by atoms with Crippen LogP contribution in [0, 0.1) is 0 Å². The molecule has 1 aliphatic heterocycles. The smallest absolute Gasteiger partial charge is 0.275 e. The highest BCUT2D eigenvalue weighted by atomic mass is 16.5. The van der Waals surface area contributed by atoms with Crippen LogP contribution in [-0.2, 0) is 22.6 Å². The second-order valence-corrected chi connectivity index (χ2v) is 7.09. The minimum Gasteiger partial charge on any atom is -0.376 e. The molecule has 144 valence electrons. The molecule has 3 aromatic rings. The van der Waals surface area contributed by atoms with E-state index in [0.717, 1.165) is 30.4 Å². The molecule has 28 heavy (non-hydrogen) atoms. The molecule has 1 atom stereocenters. The second-order valence-electron chi connectivity index (χ2n) is 7.09. The number of ether oxygens (including phenoxy) is 1. The van der Waals surface area contributed by atoms with Crippen molar-refractivity contribution in [3.8, 4) is 0 Å². The number of benzene rings is 2. The van der Waals surface area contributed by atoms with Crippen molar-refractivity contribution in [1.82, 2.24) is 14.7 Å². The Morgan fingerprint density at radius 1 is 1.14 bits per heavy atom. The van der Waals surface area contributed by atoms with Gasteiger partial charge in [-0.25, -0.2) is 4.68 Å². The van der Waals surface area contributed by atoms with Crippen LogP contribution in [0.15, 0.2) is 65.6 Å². The molecule has 6 nitrogen and oxygen atoms in total.